The predicted molar refractivity (Wildman–Crippen MR) is 123 cm³/mol. The number of hydrogen-bond acceptors (Lipinski definition) is 4. The minimum absolute atomic E-state index is 0.152. The van der Waals surface area contributed by atoms with E-state index in [9.17, 15) is 17.2 Å². The SMILES string of the molecule is O=S(=O)(c1cccc(Cl)c1)N1CCC(=NOC(c2ccc(F)cc2)c2ccc(F)cc2)CC1. The molecule has 172 valence electrons. The molecule has 1 heterocycles. The fourth-order valence-corrected chi connectivity index (χ4v) is 5.31. The summed E-state index contributed by atoms with van der Waals surface area (Å²) >= 11 is 5.94. The van der Waals surface area contributed by atoms with E-state index in [4.69, 9.17) is 16.4 Å². The minimum atomic E-state index is -3.65. The molecule has 3 aromatic rings. The van der Waals surface area contributed by atoms with Crippen LogP contribution in [0.4, 0.5) is 8.78 Å². The average molecular weight is 491 g/mol. The molecule has 0 unspecified atom stereocenters. The number of rotatable bonds is 6. The highest BCUT2D eigenvalue weighted by atomic mass is 35.5. The lowest BCUT2D eigenvalue weighted by Gasteiger charge is -2.27. The van der Waals surface area contributed by atoms with E-state index < -0.39 is 16.1 Å². The van der Waals surface area contributed by atoms with Crippen molar-refractivity contribution in [3.8, 4) is 0 Å². The Kier molecular flexibility index (Phi) is 7.07. The Morgan fingerprint density at radius 3 is 1.94 bits per heavy atom. The molecule has 3 aromatic carbocycles. The van der Waals surface area contributed by atoms with Crippen LogP contribution < -0.4 is 0 Å². The zero-order chi connectivity index (χ0) is 23.4. The van der Waals surface area contributed by atoms with Crippen molar-refractivity contribution in [2.45, 2.75) is 23.8 Å². The van der Waals surface area contributed by atoms with Gasteiger partial charge in [0.05, 0.1) is 10.6 Å². The van der Waals surface area contributed by atoms with Crippen LogP contribution in [-0.4, -0.2) is 31.5 Å². The van der Waals surface area contributed by atoms with Crippen LogP contribution in [0.3, 0.4) is 0 Å². The number of sulfonamides is 1. The standard InChI is InChI=1S/C24H21ClF2N2O3S/c25-19-2-1-3-23(16-19)33(30,31)29-14-12-22(13-15-29)28-32-24(17-4-8-20(26)9-5-17)18-6-10-21(27)11-7-18/h1-11,16,24H,12-15H2. The molecule has 0 atom stereocenters. The maximum Gasteiger partial charge on any atom is 0.243 e. The molecule has 0 bridgehead atoms. The normalized spacial score (nSPS) is 15.0. The van der Waals surface area contributed by atoms with E-state index in [0.717, 1.165) is 0 Å². The molecule has 0 aliphatic carbocycles. The van der Waals surface area contributed by atoms with E-state index in [-0.39, 0.29) is 29.6 Å². The van der Waals surface area contributed by atoms with Crippen molar-refractivity contribution >= 4 is 27.3 Å². The number of piperidine rings is 1. The topological polar surface area (TPSA) is 59.0 Å². The highest BCUT2D eigenvalue weighted by Crippen LogP contribution is 2.28. The molecular formula is C24H21ClF2N2O3S. The first-order valence-corrected chi connectivity index (χ1v) is 12.1. The zero-order valence-electron chi connectivity index (χ0n) is 17.5. The number of halogens is 3. The first-order valence-electron chi connectivity index (χ1n) is 10.3. The largest absolute Gasteiger partial charge is 0.383 e. The summed E-state index contributed by atoms with van der Waals surface area (Å²) in [6, 6.07) is 17.8. The molecule has 1 fully saturated rings. The molecule has 9 heteroatoms. The summed E-state index contributed by atoms with van der Waals surface area (Å²) in [6.07, 6.45) is 0.144. The van der Waals surface area contributed by atoms with Gasteiger partial charge in [0.2, 0.25) is 10.0 Å². The summed E-state index contributed by atoms with van der Waals surface area (Å²) in [5, 5.41) is 4.63. The summed E-state index contributed by atoms with van der Waals surface area (Å²) in [6.45, 7) is 0.517. The summed E-state index contributed by atoms with van der Waals surface area (Å²) in [5.41, 5.74) is 2.03. The summed E-state index contributed by atoms with van der Waals surface area (Å²) in [7, 11) is -3.65. The third-order valence-electron chi connectivity index (χ3n) is 5.37. The number of oxime groups is 1. The van der Waals surface area contributed by atoms with Crippen LogP contribution in [0.25, 0.3) is 0 Å². The van der Waals surface area contributed by atoms with E-state index in [2.05, 4.69) is 5.16 Å². The molecular weight excluding hydrogens is 470 g/mol. The molecule has 0 radical (unpaired) electrons. The van der Waals surface area contributed by atoms with Gasteiger partial charge in [0.25, 0.3) is 0 Å². The average Bonchev–Trinajstić information content (AvgIpc) is 2.82. The lowest BCUT2D eigenvalue weighted by Crippen LogP contribution is -2.38. The highest BCUT2D eigenvalue weighted by Gasteiger charge is 2.28. The lowest BCUT2D eigenvalue weighted by molar-refractivity contribution is 0.0855. The first kappa shape index (κ1) is 23.4. The second-order valence-electron chi connectivity index (χ2n) is 7.61. The fourth-order valence-electron chi connectivity index (χ4n) is 3.57. The first-order chi connectivity index (χ1) is 15.8. The third kappa shape index (κ3) is 5.58. The van der Waals surface area contributed by atoms with E-state index >= 15 is 0 Å². The van der Waals surface area contributed by atoms with Crippen molar-refractivity contribution in [1.82, 2.24) is 4.31 Å². The van der Waals surface area contributed by atoms with Crippen molar-refractivity contribution in [2.75, 3.05) is 13.1 Å². The third-order valence-corrected chi connectivity index (χ3v) is 7.50. The van der Waals surface area contributed by atoms with Gasteiger partial charge in [0.1, 0.15) is 11.6 Å². The van der Waals surface area contributed by atoms with E-state index in [1.807, 2.05) is 0 Å². The van der Waals surface area contributed by atoms with E-state index in [0.29, 0.717) is 34.7 Å². The van der Waals surface area contributed by atoms with Gasteiger partial charge in [-0.3, -0.25) is 0 Å². The van der Waals surface area contributed by atoms with Gasteiger partial charge in [-0.05, 0) is 53.6 Å². The van der Waals surface area contributed by atoms with Crippen LogP contribution in [0.5, 0.6) is 0 Å². The second kappa shape index (κ2) is 9.99. The Bertz CT molecular complexity index is 1190. The van der Waals surface area contributed by atoms with Crippen LogP contribution in [0.15, 0.2) is 82.8 Å². The van der Waals surface area contributed by atoms with Crippen LogP contribution in [-0.2, 0) is 14.9 Å². The van der Waals surface area contributed by atoms with Crippen LogP contribution in [0.1, 0.15) is 30.1 Å². The van der Waals surface area contributed by atoms with E-state index in [1.165, 1.54) is 40.7 Å². The number of nitrogens with zero attached hydrogens (tertiary/aromatic N) is 2. The Morgan fingerprint density at radius 2 is 1.42 bits per heavy atom. The molecule has 0 saturated carbocycles. The van der Waals surface area contributed by atoms with Gasteiger partial charge in [-0.25, -0.2) is 17.2 Å². The molecule has 1 aliphatic rings. The molecule has 33 heavy (non-hydrogen) atoms. The Morgan fingerprint density at radius 1 is 0.879 bits per heavy atom. The van der Waals surface area contributed by atoms with Crippen LogP contribution >= 0.6 is 11.6 Å². The molecule has 5 nitrogen and oxygen atoms in total. The molecule has 0 spiro atoms. The van der Waals surface area contributed by atoms with Crippen LogP contribution in [0, 0.1) is 11.6 Å². The van der Waals surface area contributed by atoms with Crippen molar-refractivity contribution in [1.29, 1.82) is 0 Å². The summed E-state index contributed by atoms with van der Waals surface area (Å²) < 4.78 is 53.9. The number of benzene rings is 3. The fraction of sp³-hybridized carbons (Fsp3) is 0.208. The summed E-state index contributed by atoms with van der Waals surface area (Å²) in [5.74, 6) is -0.757. The van der Waals surface area contributed by atoms with Gasteiger partial charge < -0.3 is 4.84 Å². The molecule has 0 aromatic heterocycles. The quantitative estimate of drug-likeness (QED) is 0.425. The molecule has 4 rings (SSSR count). The smallest absolute Gasteiger partial charge is 0.243 e. The van der Waals surface area contributed by atoms with Crippen molar-refractivity contribution in [3.63, 3.8) is 0 Å². The second-order valence-corrected chi connectivity index (χ2v) is 9.98. The van der Waals surface area contributed by atoms with Gasteiger partial charge in [-0.2, -0.15) is 4.31 Å². The zero-order valence-corrected chi connectivity index (χ0v) is 19.1. The maximum atomic E-state index is 13.4. The summed E-state index contributed by atoms with van der Waals surface area (Å²) in [4.78, 5) is 5.96. The predicted octanol–water partition coefficient (Wildman–Crippen LogP) is 5.56. The van der Waals surface area contributed by atoms with E-state index in [1.54, 1.807) is 36.4 Å². The molecule has 1 saturated heterocycles. The Balaban J connectivity index is 1.48. The number of hydrogen-bond donors (Lipinski definition) is 0. The van der Waals surface area contributed by atoms with Crippen molar-refractivity contribution in [2.24, 2.45) is 5.16 Å². The van der Waals surface area contributed by atoms with Gasteiger partial charge in [0.15, 0.2) is 6.10 Å². The Hall–Kier alpha value is -2.81. The molecule has 1 aliphatic heterocycles. The Labute approximate surface area is 196 Å². The van der Waals surface area contributed by atoms with Crippen molar-refractivity contribution in [3.05, 3.63) is 101 Å². The van der Waals surface area contributed by atoms with Gasteiger partial charge in [0, 0.05) is 31.0 Å². The maximum absolute atomic E-state index is 13.4. The van der Waals surface area contributed by atoms with Crippen LogP contribution in [0.2, 0.25) is 5.02 Å². The lowest BCUT2D eigenvalue weighted by atomic mass is 10.0. The van der Waals surface area contributed by atoms with Crippen molar-refractivity contribution < 1.29 is 22.0 Å². The van der Waals surface area contributed by atoms with Gasteiger partial charge >= 0.3 is 0 Å². The molecule has 0 amide bonds. The monoisotopic (exact) mass is 490 g/mol. The molecule has 0 N–H and O–H groups in total. The van der Waals surface area contributed by atoms with Gasteiger partial charge in [-0.1, -0.05) is 47.1 Å². The van der Waals surface area contributed by atoms with Gasteiger partial charge in [-0.15, -0.1) is 0 Å². The minimum Gasteiger partial charge on any atom is -0.383 e. The highest BCUT2D eigenvalue weighted by molar-refractivity contribution is 7.89.